The maximum atomic E-state index is 5.88. The number of hydrogen-bond donors (Lipinski definition) is 1. The minimum atomic E-state index is 0.470. The third-order valence-electron chi connectivity index (χ3n) is 2.28. The molecule has 0 spiro atoms. The van der Waals surface area contributed by atoms with Gasteiger partial charge in [-0.1, -0.05) is 39.7 Å². The maximum Gasteiger partial charge on any atom is 0.144 e. The lowest BCUT2D eigenvalue weighted by atomic mass is 10.2. The molecule has 2 N–H and O–H groups in total. The average Bonchev–Trinajstić information content (AvgIpc) is 2.32. The van der Waals surface area contributed by atoms with E-state index >= 15 is 0 Å². The Balaban J connectivity index is 2.07. The molecule has 2 nitrogen and oxygen atoms in total. The SMILES string of the molecule is Nc1ccc(Cl)cc1OCc1ccc(Br)cc1. The van der Waals surface area contributed by atoms with E-state index in [2.05, 4.69) is 15.9 Å². The van der Waals surface area contributed by atoms with Gasteiger partial charge in [0.05, 0.1) is 5.69 Å². The van der Waals surface area contributed by atoms with Crippen molar-refractivity contribution in [3.05, 3.63) is 57.5 Å². The molecule has 0 aromatic heterocycles. The predicted molar refractivity (Wildman–Crippen MR) is 74.3 cm³/mol. The van der Waals surface area contributed by atoms with Gasteiger partial charge < -0.3 is 10.5 Å². The molecule has 0 fully saturated rings. The Labute approximate surface area is 113 Å². The number of nitrogens with two attached hydrogens (primary N) is 1. The number of halogens is 2. The van der Waals surface area contributed by atoms with Crippen LogP contribution in [0.5, 0.6) is 5.75 Å². The van der Waals surface area contributed by atoms with Crippen LogP contribution in [0.2, 0.25) is 5.02 Å². The first kappa shape index (κ1) is 12.3. The van der Waals surface area contributed by atoms with Crippen molar-refractivity contribution in [2.24, 2.45) is 0 Å². The van der Waals surface area contributed by atoms with E-state index in [-0.39, 0.29) is 0 Å². The highest BCUT2D eigenvalue weighted by Crippen LogP contribution is 2.26. The van der Waals surface area contributed by atoms with Gasteiger partial charge in [-0.3, -0.25) is 0 Å². The van der Waals surface area contributed by atoms with E-state index in [1.165, 1.54) is 0 Å². The van der Waals surface area contributed by atoms with Crippen LogP contribution in [0.25, 0.3) is 0 Å². The first-order valence-corrected chi connectivity index (χ1v) is 6.24. The molecule has 0 aliphatic heterocycles. The normalized spacial score (nSPS) is 10.2. The van der Waals surface area contributed by atoms with Crippen LogP contribution in [-0.2, 0) is 6.61 Å². The van der Waals surface area contributed by atoms with E-state index in [0.29, 0.717) is 23.1 Å². The fraction of sp³-hybridized carbons (Fsp3) is 0.0769. The van der Waals surface area contributed by atoms with Crippen molar-refractivity contribution in [3.8, 4) is 5.75 Å². The molecule has 0 saturated carbocycles. The summed E-state index contributed by atoms with van der Waals surface area (Å²) in [6.07, 6.45) is 0. The second-order valence-corrected chi connectivity index (χ2v) is 4.95. The second kappa shape index (κ2) is 5.43. The fourth-order valence-corrected chi connectivity index (χ4v) is 1.80. The summed E-state index contributed by atoms with van der Waals surface area (Å²) in [5, 5.41) is 0.616. The molecule has 2 rings (SSSR count). The van der Waals surface area contributed by atoms with Crippen LogP contribution in [0, 0.1) is 0 Å². The fourth-order valence-electron chi connectivity index (χ4n) is 1.37. The molecule has 17 heavy (non-hydrogen) atoms. The van der Waals surface area contributed by atoms with Gasteiger partial charge in [-0.2, -0.15) is 0 Å². The molecule has 0 saturated heterocycles. The predicted octanol–water partition coefficient (Wildman–Crippen LogP) is 4.26. The van der Waals surface area contributed by atoms with Gasteiger partial charge in [0.25, 0.3) is 0 Å². The molecule has 0 amide bonds. The standard InChI is InChI=1S/C13H11BrClNO/c14-10-3-1-9(2-4-10)8-17-13-7-11(15)5-6-12(13)16/h1-7H,8,16H2. The lowest BCUT2D eigenvalue weighted by Gasteiger charge is -2.09. The van der Waals surface area contributed by atoms with Crippen molar-refractivity contribution in [2.45, 2.75) is 6.61 Å². The highest BCUT2D eigenvalue weighted by Gasteiger charge is 2.02. The number of ether oxygens (including phenoxy) is 1. The summed E-state index contributed by atoms with van der Waals surface area (Å²) in [5.41, 5.74) is 7.45. The maximum absolute atomic E-state index is 5.88. The molecule has 0 aliphatic rings. The highest BCUT2D eigenvalue weighted by molar-refractivity contribution is 9.10. The molecule has 0 aliphatic carbocycles. The first-order chi connectivity index (χ1) is 8.15. The van der Waals surface area contributed by atoms with E-state index in [0.717, 1.165) is 10.0 Å². The van der Waals surface area contributed by atoms with Crippen LogP contribution in [0.4, 0.5) is 5.69 Å². The second-order valence-electron chi connectivity index (χ2n) is 3.60. The van der Waals surface area contributed by atoms with Gasteiger partial charge in [-0.15, -0.1) is 0 Å². The summed E-state index contributed by atoms with van der Waals surface area (Å²) in [6.45, 7) is 0.470. The zero-order chi connectivity index (χ0) is 12.3. The van der Waals surface area contributed by atoms with Crippen LogP contribution in [-0.4, -0.2) is 0 Å². The summed E-state index contributed by atoms with van der Waals surface area (Å²) < 4.78 is 6.66. The van der Waals surface area contributed by atoms with Crippen LogP contribution >= 0.6 is 27.5 Å². The smallest absolute Gasteiger partial charge is 0.144 e. The van der Waals surface area contributed by atoms with E-state index < -0.39 is 0 Å². The van der Waals surface area contributed by atoms with Crippen molar-refractivity contribution in [2.75, 3.05) is 5.73 Å². The molecule has 0 unspecified atom stereocenters. The van der Waals surface area contributed by atoms with Crippen molar-refractivity contribution in [1.82, 2.24) is 0 Å². The topological polar surface area (TPSA) is 35.2 Å². The molecule has 2 aromatic rings. The molecule has 0 bridgehead atoms. The minimum Gasteiger partial charge on any atom is -0.487 e. The number of rotatable bonds is 3. The molecular weight excluding hydrogens is 302 g/mol. The number of benzene rings is 2. The average molecular weight is 313 g/mol. The third-order valence-corrected chi connectivity index (χ3v) is 3.05. The summed E-state index contributed by atoms with van der Waals surface area (Å²) in [6, 6.07) is 13.1. The van der Waals surface area contributed by atoms with E-state index in [1.807, 2.05) is 24.3 Å². The molecule has 88 valence electrons. The van der Waals surface area contributed by atoms with Gasteiger partial charge in [0, 0.05) is 15.6 Å². The summed E-state index contributed by atoms with van der Waals surface area (Å²) in [4.78, 5) is 0. The van der Waals surface area contributed by atoms with Gasteiger partial charge in [0.1, 0.15) is 12.4 Å². The minimum absolute atomic E-state index is 0.470. The Morgan fingerprint density at radius 2 is 1.82 bits per heavy atom. The van der Waals surface area contributed by atoms with Gasteiger partial charge in [-0.05, 0) is 29.8 Å². The monoisotopic (exact) mass is 311 g/mol. The zero-order valence-corrected chi connectivity index (χ0v) is 11.3. The molecule has 0 heterocycles. The van der Waals surface area contributed by atoms with E-state index in [1.54, 1.807) is 18.2 Å². The lowest BCUT2D eigenvalue weighted by molar-refractivity contribution is 0.308. The highest BCUT2D eigenvalue weighted by atomic mass is 79.9. The van der Waals surface area contributed by atoms with Gasteiger partial charge >= 0.3 is 0 Å². The molecule has 0 atom stereocenters. The quantitative estimate of drug-likeness (QED) is 0.859. The molecule has 0 radical (unpaired) electrons. The van der Waals surface area contributed by atoms with Gasteiger partial charge in [0.2, 0.25) is 0 Å². The lowest BCUT2D eigenvalue weighted by Crippen LogP contribution is -1.98. The van der Waals surface area contributed by atoms with Crippen molar-refractivity contribution in [1.29, 1.82) is 0 Å². The third kappa shape index (κ3) is 3.38. The largest absolute Gasteiger partial charge is 0.487 e. The Morgan fingerprint density at radius 1 is 1.12 bits per heavy atom. The van der Waals surface area contributed by atoms with E-state index in [9.17, 15) is 0 Å². The van der Waals surface area contributed by atoms with E-state index in [4.69, 9.17) is 22.1 Å². The number of hydrogen-bond acceptors (Lipinski definition) is 2. The van der Waals surface area contributed by atoms with Crippen LogP contribution < -0.4 is 10.5 Å². The van der Waals surface area contributed by atoms with Crippen molar-refractivity contribution >= 4 is 33.2 Å². The molecule has 2 aromatic carbocycles. The van der Waals surface area contributed by atoms with Gasteiger partial charge in [0.15, 0.2) is 0 Å². The van der Waals surface area contributed by atoms with Crippen molar-refractivity contribution in [3.63, 3.8) is 0 Å². The summed E-state index contributed by atoms with van der Waals surface area (Å²) >= 11 is 9.26. The Kier molecular flexibility index (Phi) is 3.92. The Morgan fingerprint density at radius 3 is 2.53 bits per heavy atom. The van der Waals surface area contributed by atoms with Gasteiger partial charge in [-0.25, -0.2) is 0 Å². The summed E-state index contributed by atoms with van der Waals surface area (Å²) in [7, 11) is 0. The number of nitrogen functional groups attached to an aromatic ring is 1. The zero-order valence-electron chi connectivity index (χ0n) is 8.99. The first-order valence-electron chi connectivity index (χ1n) is 5.07. The van der Waals surface area contributed by atoms with Crippen LogP contribution in [0.1, 0.15) is 5.56 Å². The van der Waals surface area contributed by atoms with Crippen molar-refractivity contribution < 1.29 is 4.74 Å². The van der Waals surface area contributed by atoms with Crippen LogP contribution in [0.15, 0.2) is 46.9 Å². The number of anilines is 1. The Bertz CT molecular complexity index is 513. The Hall–Kier alpha value is -1.19. The molecular formula is C13H11BrClNO. The van der Waals surface area contributed by atoms with Crippen LogP contribution in [0.3, 0.4) is 0 Å². The summed E-state index contributed by atoms with van der Waals surface area (Å²) in [5.74, 6) is 0.611. The molecule has 4 heteroatoms.